The number of amidine groups is 1. The van der Waals surface area contributed by atoms with Crippen LogP contribution in [-0.2, 0) is 9.53 Å². The second-order valence-electron chi connectivity index (χ2n) is 12.2. The summed E-state index contributed by atoms with van der Waals surface area (Å²) in [6.45, 7) is 8.70. The van der Waals surface area contributed by atoms with Crippen molar-refractivity contribution in [1.29, 1.82) is 0 Å². The predicted molar refractivity (Wildman–Crippen MR) is 177 cm³/mol. The van der Waals surface area contributed by atoms with Gasteiger partial charge in [0.15, 0.2) is 5.94 Å². The average Bonchev–Trinajstić information content (AvgIpc) is 3.46. The van der Waals surface area contributed by atoms with Crippen LogP contribution in [0.4, 0.5) is 0 Å². The van der Waals surface area contributed by atoms with Gasteiger partial charge in [-0.1, -0.05) is 11.6 Å². The number of thiophene rings is 1. The van der Waals surface area contributed by atoms with Gasteiger partial charge in [0.25, 0.3) is 0 Å². The summed E-state index contributed by atoms with van der Waals surface area (Å²) in [5.41, 5.74) is 5.31. The van der Waals surface area contributed by atoms with E-state index in [4.69, 9.17) is 26.1 Å². The number of aromatic carboxylic acids is 1. The van der Waals surface area contributed by atoms with Crippen molar-refractivity contribution in [1.82, 2.24) is 14.8 Å². The fourth-order valence-electron chi connectivity index (χ4n) is 6.90. The highest BCUT2D eigenvalue weighted by atomic mass is 35.5. The molecule has 4 heterocycles. The van der Waals surface area contributed by atoms with Crippen molar-refractivity contribution < 1.29 is 24.2 Å². The molecule has 0 saturated carbocycles. The maximum absolute atomic E-state index is 12.5. The van der Waals surface area contributed by atoms with E-state index in [1.165, 1.54) is 11.3 Å². The van der Waals surface area contributed by atoms with E-state index in [-0.39, 0.29) is 17.7 Å². The van der Waals surface area contributed by atoms with Crippen molar-refractivity contribution >= 4 is 50.9 Å². The van der Waals surface area contributed by atoms with Crippen LogP contribution in [0.2, 0.25) is 5.02 Å². The zero-order valence-corrected chi connectivity index (χ0v) is 27.6. The fraction of sp³-hybridized carbons (Fsp3) is 0.441. The summed E-state index contributed by atoms with van der Waals surface area (Å²) >= 11 is 7.77. The highest BCUT2D eigenvalue weighted by Gasteiger charge is 2.41. The molecule has 11 heteroatoms. The third-order valence-corrected chi connectivity index (χ3v) is 10.6. The number of methoxy groups -OCH3 is 1. The monoisotopic (exact) mass is 648 g/mol. The van der Waals surface area contributed by atoms with Crippen molar-refractivity contribution in [3.63, 3.8) is 0 Å². The molecule has 1 saturated heterocycles. The number of hydrogen-bond acceptors (Lipinski definition) is 9. The molecule has 0 spiro atoms. The summed E-state index contributed by atoms with van der Waals surface area (Å²) in [7, 11) is 1.79. The molecule has 45 heavy (non-hydrogen) atoms. The minimum Gasteiger partial charge on any atom is -0.491 e. The fourth-order valence-corrected chi connectivity index (χ4v) is 8.08. The Bertz CT molecular complexity index is 1770. The summed E-state index contributed by atoms with van der Waals surface area (Å²) in [6.07, 6.45) is 4.90. The molecule has 6 rings (SSSR count). The molecule has 9 nitrogen and oxygen atoms in total. The van der Waals surface area contributed by atoms with E-state index < -0.39 is 5.97 Å². The minimum atomic E-state index is -1.02. The zero-order chi connectivity index (χ0) is 31.9. The number of halogens is 1. The molecule has 1 aliphatic carbocycles. The van der Waals surface area contributed by atoms with Crippen molar-refractivity contribution in [3.8, 4) is 16.9 Å². The first kappa shape index (κ1) is 31.5. The van der Waals surface area contributed by atoms with Gasteiger partial charge in [-0.15, -0.1) is 11.3 Å². The third kappa shape index (κ3) is 6.05. The Morgan fingerprint density at radius 2 is 2.00 bits per heavy atom. The molecule has 0 radical (unpaired) electrons. The van der Waals surface area contributed by atoms with Crippen LogP contribution in [0.3, 0.4) is 0 Å². The molecule has 236 valence electrons. The normalized spacial score (nSPS) is 21.1. The van der Waals surface area contributed by atoms with Crippen LogP contribution in [0.15, 0.2) is 51.6 Å². The molecule has 0 unspecified atom stereocenters. The lowest BCUT2D eigenvalue weighted by Crippen LogP contribution is -2.53. The minimum absolute atomic E-state index is 0.0584. The van der Waals surface area contributed by atoms with Crippen LogP contribution in [0, 0.1) is 6.92 Å². The number of carbonyl (C=O) groups is 1. The molecular formula is C34H37ClN4O5S. The molecule has 2 aromatic heterocycles. The summed E-state index contributed by atoms with van der Waals surface area (Å²) in [5.74, 6) is 2.60. The van der Waals surface area contributed by atoms with Gasteiger partial charge >= 0.3 is 5.97 Å². The third-order valence-electron chi connectivity index (χ3n) is 9.37. The second-order valence-corrected chi connectivity index (χ2v) is 13.5. The first-order valence-electron chi connectivity index (χ1n) is 15.2. The number of aromatic nitrogens is 1. The SMILES string of the molecule is COC1CCN([C@@]2(C)CCC3=C(C2)C(=C=O)N(CCOc2ccc(Cl)cc2-c2cc(C)nc4c(C(=O)O)csc24)C(C)=N3)CC1. The Morgan fingerprint density at radius 3 is 2.71 bits per heavy atom. The van der Waals surface area contributed by atoms with E-state index in [0.29, 0.717) is 40.3 Å². The number of aliphatic imine (C=N–C) groups is 1. The lowest BCUT2D eigenvalue weighted by atomic mass is 9.77. The van der Waals surface area contributed by atoms with Crippen molar-refractivity contribution in [2.45, 2.75) is 64.5 Å². The number of allylic oxidation sites excluding steroid dienone is 2. The van der Waals surface area contributed by atoms with Gasteiger partial charge in [0.2, 0.25) is 0 Å². The van der Waals surface area contributed by atoms with Gasteiger partial charge in [0.1, 0.15) is 23.9 Å². The first-order chi connectivity index (χ1) is 21.6. The molecule has 0 bridgehead atoms. The quantitative estimate of drug-likeness (QED) is 0.267. The number of fused-ring (bicyclic) bond motifs is 1. The van der Waals surface area contributed by atoms with Gasteiger partial charge in [-0.2, -0.15) is 0 Å². The van der Waals surface area contributed by atoms with E-state index >= 15 is 0 Å². The molecule has 3 aromatic rings. The smallest absolute Gasteiger partial charge is 0.338 e. The summed E-state index contributed by atoms with van der Waals surface area (Å²) in [4.78, 5) is 38.3. The molecule has 1 fully saturated rings. The Morgan fingerprint density at radius 1 is 1.22 bits per heavy atom. The Kier molecular flexibility index (Phi) is 8.87. The lowest BCUT2D eigenvalue weighted by molar-refractivity contribution is -0.00370. The molecule has 1 atom stereocenters. The summed E-state index contributed by atoms with van der Waals surface area (Å²) < 4.78 is 12.7. The lowest BCUT2D eigenvalue weighted by Gasteiger charge is -2.48. The van der Waals surface area contributed by atoms with E-state index in [0.717, 1.165) is 78.1 Å². The first-order valence-corrected chi connectivity index (χ1v) is 16.5. The number of rotatable bonds is 8. The number of piperidine rings is 1. The molecule has 0 amide bonds. The predicted octanol–water partition coefficient (Wildman–Crippen LogP) is 6.76. The Labute approximate surface area is 271 Å². The van der Waals surface area contributed by atoms with E-state index in [9.17, 15) is 14.7 Å². The Hall–Kier alpha value is -3.53. The summed E-state index contributed by atoms with van der Waals surface area (Å²) in [6, 6.07) is 7.33. The van der Waals surface area contributed by atoms with E-state index in [2.05, 4.69) is 22.7 Å². The molecule has 3 aliphatic rings. The van der Waals surface area contributed by atoms with E-state index in [1.54, 1.807) is 18.6 Å². The number of pyridine rings is 1. The van der Waals surface area contributed by atoms with Crippen molar-refractivity contribution in [3.05, 3.63) is 62.9 Å². The number of aryl methyl sites for hydroxylation is 1. The molecular weight excluding hydrogens is 612 g/mol. The van der Waals surface area contributed by atoms with Gasteiger partial charge < -0.3 is 19.5 Å². The van der Waals surface area contributed by atoms with Crippen LogP contribution >= 0.6 is 22.9 Å². The maximum Gasteiger partial charge on any atom is 0.338 e. The standard InChI is InChI=1S/C34H37ClN4O5S/c1-20-15-25(32-31(36-20)27(19-45-32)33(41)42)24-16-22(35)5-6-30(24)44-14-13-39-21(2)37-28-7-10-34(3,17-26(28)29(39)18-40)38-11-8-23(43-4)9-12-38/h5-6,15-16,19,23H,7-14,17H2,1-4H3,(H,41,42)/t34-/m0/s1. The van der Waals surface area contributed by atoms with Crippen LogP contribution in [-0.4, -0.2) is 82.6 Å². The van der Waals surface area contributed by atoms with Crippen molar-refractivity contribution in [2.24, 2.45) is 4.99 Å². The van der Waals surface area contributed by atoms with Crippen LogP contribution in [0.25, 0.3) is 21.3 Å². The Balaban J connectivity index is 1.21. The number of carboxylic acid groups (broad SMARTS) is 1. The average molecular weight is 649 g/mol. The molecule has 1 aromatic carbocycles. The summed E-state index contributed by atoms with van der Waals surface area (Å²) in [5, 5.41) is 11.8. The number of carboxylic acids is 1. The highest BCUT2D eigenvalue weighted by Crippen LogP contribution is 2.44. The highest BCUT2D eigenvalue weighted by molar-refractivity contribution is 7.18. The maximum atomic E-state index is 12.5. The largest absolute Gasteiger partial charge is 0.491 e. The van der Waals surface area contributed by atoms with Gasteiger partial charge in [0.05, 0.1) is 28.4 Å². The van der Waals surface area contributed by atoms with Gasteiger partial charge in [-0.3, -0.25) is 9.88 Å². The number of ether oxygens (including phenoxy) is 2. The topological polar surface area (TPSA) is 105 Å². The van der Waals surface area contributed by atoms with Gasteiger partial charge in [-0.25, -0.2) is 14.6 Å². The number of carbonyl (C=O) groups excluding carboxylic acids is 1. The van der Waals surface area contributed by atoms with Crippen LogP contribution in [0.1, 0.15) is 62.0 Å². The van der Waals surface area contributed by atoms with Gasteiger partial charge in [-0.05, 0) is 77.1 Å². The van der Waals surface area contributed by atoms with E-state index in [1.807, 2.05) is 36.9 Å². The number of nitrogens with zero attached hydrogens (tertiary/aromatic N) is 4. The van der Waals surface area contributed by atoms with Crippen LogP contribution < -0.4 is 4.74 Å². The number of hydrogen-bond donors (Lipinski definition) is 1. The molecule has 2 aliphatic heterocycles. The van der Waals surface area contributed by atoms with Crippen molar-refractivity contribution in [2.75, 3.05) is 33.4 Å². The molecule has 1 N–H and O–H groups in total. The number of benzene rings is 1. The zero-order valence-electron chi connectivity index (χ0n) is 26.0. The number of likely N-dealkylation sites (tertiary alicyclic amines) is 1. The van der Waals surface area contributed by atoms with Gasteiger partial charge in [0, 0.05) is 64.2 Å². The second kappa shape index (κ2) is 12.7. The van der Waals surface area contributed by atoms with Crippen LogP contribution in [0.5, 0.6) is 5.75 Å².